The van der Waals surface area contributed by atoms with E-state index in [0.29, 0.717) is 24.7 Å². The van der Waals surface area contributed by atoms with Gasteiger partial charge in [-0.2, -0.15) is 5.26 Å². The van der Waals surface area contributed by atoms with Crippen LogP contribution in [0.25, 0.3) is 0 Å². The number of aromatic hydroxyl groups is 1. The number of anilines is 1. The summed E-state index contributed by atoms with van der Waals surface area (Å²) < 4.78 is 5.76. The minimum atomic E-state index is -0.384. The number of unbranched alkanes of at least 4 members (excludes halogenated alkanes) is 1. The fourth-order valence-corrected chi connectivity index (χ4v) is 2.99. The van der Waals surface area contributed by atoms with Crippen LogP contribution in [0, 0.1) is 18.3 Å². The van der Waals surface area contributed by atoms with Crippen LogP contribution in [0.2, 0.25) is 0 Å². The van der Waals surface area contributed by atoms with E-state index in [9.17, 15) is 9.90 Å². The lowest BCUT2D eigenvalue weighted by atomic mass is 10.0. The number of ether oxygens (including phenoxy) is 1. The monoisotopic (exact) mass is 446 g/mol. The highest BCUT2D eigenvalue weighted by Crippen LogP contribution is 2.17. The van der Waals surface area contributed by atoms with Gasteiger partial charge in [-0.05, 0) is 61.6 Å². The minimum Gasteiger partial charge on any atom is -0.508 e. The molecule has 9 heteroatoms. The highest BCUT2D eigenvalue weighted by Gasteiger charge is 2.05. The molecule has 2 amide bonds. The number of aryl methyl sites for hydroxylation is 1. The van der Waals surface area contributed by atoms with Gasteiger partial charge in [-0.3, -0.25) is 10.9 Å². The average molecular weight is 447 g/mol. The normalized spacial score (nSPS) is 10.2. The Kier molecular flexibility index (Phi) is 8.42. The zero-order chi connectivity index (χ0) is 23.5. The van der Waals surface area contributed by atoms with Crippen LogP contribution in [0.3, 0.4) is 0 Å². The highest BCUT2D eigenvalue weighted by molar-refractivity contribution is 5.75. The van der Waals surface area contributed by atoms with E-state index in [0.717, 1.165) is 30.6 Å². The van der Waals surface area contributed by atoms with Crippen molar-refractivity contribution in [3.8, 4) is 17.6 Å². The summed E-state index contributed by atoms with van der Waals surface area (Å²) in [5.41, 5.74) is 8.20. The smallest absolute Gasteiger partial charge is 0.333 e. The molecule has 0 aliphatic heterocycles. The molecule has 2 aromatic carbocycles. The van der Waals surface area contributed by atoms with Gasteiger partial charge in [-0.1, -0.05) is 24.3 Å². The maximum absolute atomic E-state index is 11.9. The Hall–Kier alpha value is -4.32. The first-order chi connectivity index (χ1) is 16.0. The molecule has 0 aliphatic carbocycles. The van der Waals surface area contributed by atoms with E-state index in [-0.39, 0.29) is 17.5 Å². The number of benzene rings is 2. The van der Waals surface area contributed by atoms with Crippen LogP contribution in [0.4, 0.5) is 10.6 Å². The minimum absolute atomic E-state index is 0.217. The number of urea groups is 1. The summed E-state index contributed by atoms with van der Waals surface area (Å²) in [6.07, 6.45) is 3.68. The molecular formula is C24H26N6O3. The number of aromatic nitrogens is 2. The zero-order valence-electron chi connectivity index (χ0n) is 18.3. The summed E-state index contributed by atoms with van der Waals surface area (Å²) in [6.45, 7) is 2.75. The lowest BCUT2D eigenvalue weighted by molar-refractivity contribution is 0.241. The number of amides is 2. The predicted octanol–water partition coefficient (Wildman–Crippen LogP) is 3.44. The van der Waals surface area contributed by atoms with E-state index in [1.165, 1.54) is 11.8 Å². The Morgan fingerprint density at radius 3 is 2.45 bits per heavy atom. The van der Waals surface area contributed by atoms with Gasteiger partial charge in [0.2, 0.25) is 0 Å². The second-order valence-electron chi connectivity index (χ2n) is 7.35. The van der Waals surface area contributed by atoms with Crippen LogP contribution in [-0.2, 0) is 6.42 Å². The molecular weight excluding hydrogens is 420 g/mol. The number of rotatable bonds is 10. The Labute approximate surface area is 192 Å². The van der Waals surface area contributed by atoms with Gasteiger partial charge in [0.15, 0.2) is 11.5 Å². The van der Waals surface area contributed by atoms with Crippen molar-refractivity contribution in [2.24, 2.45) is 0 Å². The van der Waals surface area contributed by atoms with E-state index in [1.54, 1.807) is 19.1 Å². The van der Waals surface area contributed by atoms with Crippen LogP contribution in [0.15, 0.2) is 54.7 Å². The van der Waals surface area contributed by atoms with Crippen molar-refractivity contribution in [1.82, 2.24) is 20.7 Å². The molecule has 170 valence electrons. The molecule has 33 heavy (non-hydrogen) atoms. The molecule has 4 N–H and O–H groups in total. The molecule has 3 rings (SSSR count). The summed E-state index contributed by atoms with van der Waals surface area (Å²) in [6, 6.07) is 16.7. The van der Waals surface area contributed by atoms with Gasteiger partial charge in [0.05, 0.1) is 18.5 Å². The molecule has 0 saturated carbocycles. The van der Waals surface area contributed by atoms with Crippen molar-refractivity contribution in [2.75, 3.05) is 18.6 Å². The molecule has 1 aromatic heterocycles. The summed E-state index contributed by atoms with van der Waals surface area (Å²) in [4.78, 5) is 19.9. The number of hydrazine groups is 1. The van der Waals surface area contributed by atoms with Crippen LogP contribution in [0.1, 0.15) is 35.4 Å². The van der Waals surface area contributed by atoms with E-state index in [1.807, 2.05) is 42.5 Å². The summed E-state index contributed by atoms with van der Waals surface area (Å²) in [7, 11) is 0. The highest BCUT2D eigenvalue weighted by atomic mass is 16.5. The Balaban J connectivity index is 1.28. The number of nitrogens with one attached hydrogen (secondary N) is 3. The zero-order valence-corrected chi connectivity index (χ0v) is 18.3. The lowest BCUT2D eigenvalue weighted by Gasteiger charge is -2.11. The molecule has 3 aromatic rings. The van der Waals surface area contributed by atoms with Crippen LogP contribution in [0.5, 0.6) is 11.5 Å². The average Bonchev–Trinajstić information content (AvgIpc) is 2.83. The Morgan fingerprint density at radius 1 is 1.09 bits per heavy atom. The largest absolute Gasteiger partial charge is 0.508 e. The van der Waals surface area contributed by atoms with Crippen molar-refractivity contribution in [3.63, 3.8) is 0 Å². The van der Waals surface area contributed by atoms with Gasteiger partial charge in [0, 0.05) is 6.54 Å². The molecule has 0 fully saturated rings. The molecule has 0 bridgehead atoms. The van der Waals surface area contributed by atoms with Crippen molar-refractivity contribution < 1.29 is 14.6 Å². The van der Waals surface area contributed by atoms with Gasteiger partial charge in [-0.25, -0.2) is 14.8 Å². The number of nitrogens with zero attached hydrogens (tertiary/aromatic N) is 3. The SMILES string of the molecule is Cc1nc(C#N)cnc1NNC(=O)NCCCCOc1ccc(Cc2ccc(O)cc2)cc1. The molecule has 0 aliphatic rings. The molecule has 9 nitrogen and oxygen atoms in total. The first-order valence-corrected chi connectivity index (χ1v) is 10.6. The number of hydrogen-bond acceptors (Lipinski definition) is 7. The standard InChI is InChI=1S/C24H26N6O3/c1-17-23(27-16-20(15-25)28-17)29-30-24(32)26-12-2-3-13-33-22-10-6-19(7-11-22)14-18-4-8-21(31)9-5-18/h4-11,16,31H,2-3,12-14H2,1H3,(H,27,29)(H2,26,30,32). The molecule has 0 saturated heterocycles. The third-order valence-corrected chi connectivity index (χ3v) is 4.75. The van der Waals surface area contributed by atoms with Crippen molar-refractivity contribution >= 4 is 11.8 Å². The molecule has 0 radical (unpaired) electrons. The van der Waals surface area contributed by atoms with Gasteiger partial charge < -0.3 is 15.2 Å². The number of phenolic OH excluding ortho intramolecular Hbond substituents is 1. The molecule has 0 atom stereocenters. The molecule has 1 heterocycles. The van der Waals surface area contributed by atoms with Gasteiger partial charge in [0.25, 0.3) is 0 Å². The number of nitriles is 1. The second kappa shape index (κ2) is 11.9. The fraction of sp³-hybridized carbons (Fsp3) is 0.250. The molecule has 0 unspecified atom stereocenters. The third-order valence-electron chi connectivity index (χ3n) is 4.75. The van der Waals surface area contributed by atoms with Crippen LogP contribution in [-0.4, -0.2) is 34.3 Å². The van der Waals surface area contributed by atoms with Gasteiger partial charge in [-0.15, -0.1) is 0 Å². The predicted molar refractivity (Wildman–Crippen MR) is 124 cm³/mol. The number of phenols is 1. The Bertz CT molecular complexity index is 1090. The van der Waals surface area contributed by atoms with E-state index in [4.69, 9.17) is 10.00 Å². The summed E-state index contributed by atoms with van der Waals surface area (Å²) >= 11 is 0. The third kappa shape index (κ3) is 7.70. The van der Waals surface area contributed by atoms with E-state index >= 15 is 0 Å². The van der Waals surface area contributed by atoms with Gasteiger partial charge >= 0.3 is 6.03 Å². The van der Waals surface area contributed by atoms with E-state index in [2.05, 4.69) is 26.1 Å². The first kappa shape index (κ1) is 23.3. The number of carbonyl (C=O) groups is 1. The summed E-state index contributed by atoms with van der Waals surface area (Å²) in [5, 5.41) is 20.9. The van der Waals surface area contributed by atoms with Crippen LogP contribution >= 0.6 is 0 Å². The number of hydrogen-bond donors (Lipinski definition) is 4. The fourth-order valence-electron chi connectivity index (χ4n) is 2.99. The molecule has 0 spiro atoms. The van der Waals surface area contributed by atoms with E-state index < -0.39 is 0 Å². The quantitative estimate of drug-likeness (QED) is 0.277. The maximum atomic E-state index is 11.9. The Morgan fingerprint density at radius 2 is 1.79 bits per heavy atom. The number of carbonyl (C=O) groups excluding carboxylic acids is 1. The van der Waals surface area contributed by atoms with Crippen molar-refractivity contribution in [2.45, 2.75) is 26.2 Å². The van der Waals surface area contributed by atoms with Gasteiger partial charge in [0.1, 0.15) is 17.6 Å². The maximum Gasteiger partial charge on any atom is 0.333 e. The topological polar surface area (TPSA) is 132 Å². The summed E-state index contributed by atoms with van der Waals surface area (Å²) in [5.74, 6) is 1.45. The second-order valence-corrected chi connectivity index (χ2v) is 7.35. The van der Waals surface area contributed by atoms with Crippen molar-refractivity contribution in [3.05, 3.63) is 77.2 Å². The van der Waals surface area contributed by atoms with Crippen molar-refractivity contribution in [1.29, 1.82) is 5.26 Å². The lowest BCUT2D eigenvalue weighted by Crippen LogP contribution is -2.39. The first-order valence-electron chi connectivity index (χ1n) is 10.6. The van der Waals surface area contributed by atoms with Crippen LogP contribution < -0.4 is 20.9 Å².